The summed E-state index contributed by atoms with van der Waals surface area (Å²) in [5, 5.41) is 16.8. The second-order valence-corrected chi connectivity index (χ2v) is 9.01. The molecule has 154 valence electrons. The van der Waals surface area contributed by atoms with Crippen molar-refractivity contribution in [1.29, 1.82) is 0 Å². The maximum atomic E-state index is 11.0. The second-order valence-electron chi connectivity index (χ2n) is 6.75. The van der Waals surface area contributed by atoms with E-state index >= 15 is 0 Å². The highest BCUT2D eigenvalue weighted by Gasteiger charge is 2.25. The Morgan fingerprint density at radius 2 is 2.00 bits per heavy atom. The first kappa shape index (κ1) is 23.1. The number of aliphatic imine (C=N–C) groups is 1. The van der Waals surface area contributed by atoms with Crippen LogP contribution in [0.25, 0.3) is 0 Å². The van der Waals surface area contributed by atoms with Gasteiger partial charge in [0.05, 0.1) is 44.3 Å². The Morgan fingerprint density at radius 1 is 1.31 bits per heavy atom. The van der Waals surface area contributed by atoms with Gasteiger partial charge in [-0.25, -0.2) is 8.42 Å². The molecule has 1 aliphatic heterocycles. The lowest BCUT2D eigenvalue weighted by molar-refractivity contribution is -0.0180. The minimum Gasteiger partial charge on any atom is -0.387 e. The van der Waals surface area contributed by atoms with Crippen LogP contribution in [0.2, 0.25) is 0 Å². The monoisotopic (exact) mass is 394 g/mol. The predicted molar refractivity (Wildman–Crippen MR) is 102 cm³/mol. The fraction of sp³-hybridized carbons (Fsp3) is 0.938. The van der Waals surface area contributed by atoms with Crippen molar-refractivity contribution in [2.24, 2.45) is 4.99 Å². The van der Waals surface area contributed by atoms with Crippen LogP contribution in [-0.4, -0.2) is 108 Å². The normalized spacial score (nSPS) is 19.2. The first-order valence-electron chi connectivity index (χ1n) is 9.02. The van der Waals surface area contributed by atoms with Gasteiger partial charge in [0.25, 0.3) is 0 Å². The topological polar surface area (TPSA) is 112 Å². The zero-order chi connectivity index (χ0) is 19.5. The molecular formula is C16H34N4O5S. The van der Waals surface area contributed by atoms with Gasteiger partial charge in [0, 0.05) is 39.0 Å². The van der Waals surface area contributed by atoms with Gasteiger partial charge in [-0.05, 0) is 13.8 Å². The summed E-state index contributed by atoms with van der Waals surface area (Å²) >= 11 is 0. The third-order valence-electron chi connectivity index (χ3n) is 3.73. The van der Waals surface area contributed by atoms with Crippen molar-refractivity contribution < 1.29 is 23.0 Å². The summed E-state index contributed by atoms with van der Waals surface area (Å²) in [5.74, 6) is 0.618. The maximum Gasteiger partial charge on any atom is 0.191 e. The highest BCUT2D eigenvalue weighted by molar-refractivity contribution is 7.90. The number of rotatable bonds is 11. The highest BCUT2D eigenvalue weighted by Crippen LogP contribution is 2.09. The molecule has 1 heterocycles. The molecule has 1 unspecified atom stereocenters. The molecule has 1 aliphatic rings. The molecule has 10 heteroatoms. The Balaban J connectivity index is 2.34. The molecule has 0 spiro atoms. The standard InChI is InChI=1S/C16H34N4O5S/c1-4-17-15(18-5-8-24-11-12-26(3,22)23)19-13-16(2,21)14-20-6-9-25-10-7-20/h21H,4-14H2,1-3H3,(H2,17,18,19). The van der Waals surface area contributed by atoms with Crippen molar-refractivity contribution in [3.8, 4) is 0 Å². The minimum absolute atomic E-state index is 0.0194. The zero-order valence-corrected chi connectivity index (χ0v) is 17.0. The largest absolute Gasteiger partial charge is 0.387 e. The maximum absolute atomic E-state index is 11.0. The van der Waals surface area contributed by atoms with E-state index in [1.807, 2.05) is 6.92 Å². The molecule has 0 amide bonds. The van der Waals surface area contributed by atoms with Crippen molar-refractivity contribution in [2.45, 2.75) is 19.4 Å². The molecule has 3 N–H and O–H groups in total. The van der Waals surface area contributed by atoms with Crippen LogP contribution in [0.5, 0.6) is 0 Å². The fourth-order valence-corrected chi connectivity index (χ4v) is 2.86. The summed E-state index contributed by atoms with van der Waals surface area (Å²) in [7, 11) is -2.99. The summed E-state index contributed by atoms with van der Waals surface area (Å²) in [6.07, 6.45) is 1.19. The van der Waals surface area contributed by atoms with E-state index in [9.17, 15) is 13.5 Å². The Bertz CT molecular complexity index is 519. The number of sulfone groups is 1. The van der Waals surface area contributed by atoms with Crippen LogP contribution >= 0.6 is 0 Å². The number of aliphatic hydroxyl groups is 1. The fourth-order valence-electron chi connectivity index (χ4n) is 2.44. The number of hydrogen-bond donors (Lipinski definition) is 3. The Hall–Kier alpha value is -0.940. The van der Waals surface area contributed by atoms with Gasteiger partial charge in [0.1, 0.15) is 9.84 Å². The van der Waals surface area contributed by atoms with E-state index in [1.165, 1.54) is 6.26 Å². The molecule has 0 bridgehead atoms. The lowest BCUT2D eigenvalue weighted by Crippen LogP contribution is -2.48. The number of nitrogens with zero attached hydrogens (tertiary/aromatic N) is 2. The SMILES string of the molecule is CCNC(=NCC(C)(O)CN1CCOCC1)NCCOCCS(C)(=O)=O. The van der Waals surface area contributed by atoms with Gasteiger partial charge in [0.15, 0.2) is 5.96 Å². The van der Waals surface area contributed by atoms with Gasteiger partial charge in [0.2, 0.25) is 0 Å². The van der Waals surface area contributed by atoms with Crippen molar-refractivity contribution in [3.63, 3.8) is 0 Å². The summed E-state index contributed by atoms with van der Waals surface area (Å²) in [5.41, 5.74) is -0.925. The van der Waals surface area contributed by atoms with E-state index in [1.54, 1.807) is 6.92 Å². The van der Waals surface area contributed by atoms with Crippen molar-refractivity contribution in [2.75, 3.05) is 77.7 Å². The van der Waals surface area contributed by atoms with Crippen LogP contribution < -0.4 is 10.6 Å². The molecule has 1 atom stereocenters. The Kier molecular flexibility index (Phi) is 10.4. The number of nitrogens with one attached hydrogen (secondary N) is 2. The number of morpholine rings is 1. The number of ether oxygens (including phenoxy) is 2. The molecule has 9 nitrogen and oxygen atoms in total. The summed E-state index contributed by atoms with van der Waals surface area (Å²) in [6.45, 7) is 9.37. The highest BCUT2D eigenvalue weighted by atomic mass is 32.2. The minimum atomic E-state index is -2.99. The first-order chi connectivity index (χ1) is 12.2. The summed E-state index contributed by atoms with van der Waals surface area (Å²) < 4.78 is 32.7. The lowest BCUT2D eigenvalue weighted by Gasteiger charge is -2.33. The molecule has 1 fully saturated rings. The van der Waals surface area contributed by atoms with Crippen LogP contribution in [0.15, 0.2) is 4.99 Å². The van der Waals surface area contributed by atoms with E-state index in [0.717, 1.165) is 13.1 Å². The molecule has 0 aromatic carbocycles. The molecule has 0 radical (unpaired) electrons. The third-order valence-corrected chi connectivity index (χ3v) is 4.64. The zero-order valence-electron chi connectivity index (χ0n) is 16.2. The quantitative estimate of drug-likeness (QED) is 0.225. The van der Waals surface area contributed by atoms with Crippen LogP contribution in [-0.2, 0) is 19.3 Å². The number of β-amino-alcohol motifs (C(OH)–C–C–N with tert-alkyl or cyclic N) is 1. The van der Waals surface area contributed by atoms with E-state index in [2.05, 4.69) is 20.5 Å². The second kappa shape index (κ2) is 11.7. The predicted octanol–water partition coefficient (Wildman–Crippen LogP) is -1.31. The molecule has 0 aromatic heterocycles. The number of hydrogen-bond acceptors (Lipinski definition) is 7. The Labute approximate surface area is 157 Å². The first-order valence-corrected chi connectivity index (χ1v) is 11.1. The van der Waals surface area contributed by atoms with Gasteiger partial charge in [-0.15, -0.1) is 0 Å². The van der Waals surface area contributed by atoms with E-state index in [4.69, 9.17) is 9.47 Å². The van der Waals surface area contributed by atoms with Crippen LogP contribution in [0, 0.1) is 0 Å². The molecular weight excluding hydrogens is 360 g/mol. The smallest absolute Gasteiger partial charge is 0.191 e. The third kappa shape index (κ3) is 11.6. The molecule has 0 saturated carbocycles. The van der Waals surface area contributed by atoms with Gasteiger partial charge in [-0.2, -0.15) is 0 Å². The van der Waals surface area contributed by atoms with Crippen molar-refractivity contribution >= 4 is 15.8 Å². The van der Waals surface area contributed by atoms with Gasteiger partial charge < -0.3 is 25.2 Å². The molecule has 26 heavy (non-hydrogen) atoms. The summed E-state index contributed by atoms with van der Waals surface area (Å²) in [4.78, 5) is 6.62. The average molecular weight is 395 g/mol. The summed E-state index contributed by atoms with van der Waals surface area (Å²) in [6, 6.07) is 0. The molecule has 0 aliphatic carbocycles. The molecule has 1 rings (SSSR count). The number of guanidine groups is 1. The lowest BCUT2D eigenvalue weighted by atomic mass is 10.1. The van der Waals surface area contributed by atoms with E-state index in [-0.39, 0.29) is 18.9 Å². The van der Waals surface area contributed by atoms with Crippen molar-refractivity contribution in [3.05, 3.63) is 0 Å². The van der Waals surface area contributed by atoms with Crippen molar-refractivity contribution in [1.82, 2.24) is 15.5 Å². The van der Waals surface area contributed by atoms with Gasteiger partial charge in [-0.1, -0.05) is 0 Å². The van der Waals surface area contributed by atoms with Crippen LogP contribution in [0.4, 0.5) is 0 Å². The van der Waals surface area contributed by atoms with E-state index in [0.29, 0.717) is 45.4 Å². The Morgan fingerprint density at radius 3 is 2.62 bits per heavy atom. The van der Waals surface area contributed by atoms with E-state index < -0.39 is 15.4 Å². The van der Waals surface area contributed by atoms with Crippen LogP contribution in [0.3, 0.4) is 0 Å². The average Bonchev–Trinajstić information content (AvgIpc) is 2.55. The van der Waals surface area contributed by atoms with Gasteiger partial charge >= 0.3 is 0 Å². The molecule has 0 aromatic rings. The van der Waals surface area contributed by atoms with Crippen LogP contribution in [0.1, 0.15) is 13.8 Å². The van der Waals surface area contributed by atoms with Gasteiger partial charge in [-0.3, -0.25) is 9.89 Å². The molecule has 1 saturated heterocycles.